The molecular weight excluding hydrogens is 225 g/mol. The van der Waals surface area contributed by atoms with Gasteiger partial charge in [0, 0.05) is 12.1 Å². The zero-order valence-corrected chi connectivity index (χ0v) is 8.21. The lowest BCUT2D eigenvalue weighted by atomic mass is 10.3. The summed E-state index contributed by atoms with van der Waals surface area (Å²) in [5, 5.41) is 0. The first-order chi connectivity index (χ1) is 7.30. The Morgan fingerprint density at radius 2 is 2.25 bits per heavy atom. The summed E-state index contributed by atoms with van der Waals surface area (Å²) in [6.45, 7) is 0.836. The number of amides is 1. The van der Waals surface area contributed by atoms with Crippen LogP contribution in [0.5, 0.6) is 5.88 Å². The number of primary amides is 1. The lowest BCUT2D eigenvalue weighted by molar-refractivity contribution is -0.189. The number of carbonyl (C=O) groups is 1. The van der Waals surface area contributed by atoms with Crippen molar-refractivity contribution in [1.29, 1.82) is 0 Å². The highest BCUT2D eigenvalue weighted by Crippen LogP contribution is 2.23. The van der Waals surface area contributed by atoms with Gasteiger partial charge in [-0.1, -0.05) is 0 Å². The van der Waals surface area contributed by atoms with Crippen LogP contribution in [0.3, 0.4) is 0 Å². The van der Waals surface area contributed by atoms with Crippen molar-refractivity contribution < 1.29 is 22.7 Å². The molecule has 2 N–H and O–H groups in total. The molecule has 4 nitrogen and oxygen atoms in total. The largest absolute Gasteiger partial charge is 0.465 e. The van der Waals surface area contributed by atoms with Gasteiger partial charge in [-0.15, -0.1) is 0 Å². The topological polar surface area (TPSA) is 65.2 Å². The van der Waals surface area contributed by atoms with Gasteiger partial charge in [-0.25, -0.2) is 4.98 Å². The van der Waals surface area contributed by atoms with E-state index in [1.807, 2.05) is 0 Å². The van der Waals surface area contributed by atoms with E-state index in [-0.39, 0.29) is 11.6 Å². The number of alkyl halides is 3. The maximum absolute atomic E-state index is 12.1. The molecule has 0 saturated heterocycles. The third-order valence-corrected chi connectivity index (χ3v) is 1.66. The Kier molecular flexibility index (Phi) is 3.36. The van der Waals surface area contributed by atoms with Gasteiger partial charge < -0.3 is 10.5 Å². The van der Waals surface area contributed by atoms with Crippen molar-refractivity contribution in [3.05, 3.63) is 23.9 Å². The maximum atomic E-state index is 12.1. The van der Waals surface area contributed by atoms with Crippen molar-refractivity contribution in [2.24, 2.45) is 5.73 Å². The number of nitrogens with zero attached hydrogens (tertiary/aromatic N) is 1. The van der Waals surface area contributed by atoms with Gasteiger partial charge >= 0.3 is 6.18 Å². The quantitative estimate of drug-likeness (QED) is 0.855. The van der Waals surface area contributed by atoms with E-state index in [2.05, 4.69) is 15.8 Å². The number of ether oxygens (including phenoxy) is 1. The average molecular weight is 233 g/mol. The van der Waals surface area contributed by atoms with E-state index in [1.165, 1.54) is 6.07 Å². The average Bonchev–Trinajstić information content (AvgIpc) is 2.16. The summed E-state index contributed by atoms with van der Waals surface area (Å²) < 4.78 is 40.9. The molecule has 1 radical (unpaired) electrons. The number of halogens is 3. The van der Waals surface area contributed by atoms with Crippen molar-refractivity contribution in [3.63, 3.8) is 0 Å². The number of carbonyl (C=O) groups excluding carboxylic acids is 1. The summed E-state index contributed by atoms with van der Waals surface area (Å²) in [6, 6.07) is 4.75. The smallest absolute Gasteiger partial charge is 0.425 e. The van der Waals surface area contributed by atoms with Crippen LogP contribution in [0.1, 0.15) is 17.4 Å². The van der Waals surface area contributed by atoms with Gasteiger partial charge in [-0.2, -0.15) is 13.2 Å². The summed E-state index contributed by atoms with van der Waals surface area (Å²) in [4.78, 5) is 14.2. The van der Waals surface area contributed by atoms with Crippen LogP contribution < -0.4 is 10.5 Å². The first-order valence-corrected chi connectivity index (χ1v) is 4.22. The molecule has 0 fully saturated rings. The molecule has 0 aliphatic carbocycles. The molecule has 0 saturated carbocycles. The van der Waals surface area contributed by atoms with E-state index in [0.717, 1.165) is 13.0 Å². The zero-order valence-electron chi connectivity index (χ0n) is 8.21. The van der Waals surface area contributed by atoms with Crippen LogP contribution in [0.4, 0.5) is 13.2 Å². The second-order valence-corrected chi connectivity index (χ2v) is 2.94. The Labute approximate surface area is 89.2 Å². The fraction of sp³-hybridized carbons (Fsp3) is 0.333. The van der Waals surface area contributed by atoms with Crippen molar-refractivity contribution >= 4 is 5.91 Å². The van der Waals surface area contributed by atoms with Gasteiger partial charge in [0.05, 0.1) is 0 Å². The third-order valence-electron chi connectivity index (χ3n) is 1.66. The van der Waals surface area contributed by atoms with Gasteiger partial charge in [-0.05, 0) is 13.0 Å². The van der Waals surface area contributed by atoms with Gasteiger partial charge in [-0.3, -0.25) is 4.79 Å². The second-order valence-electron chi connectivity index (χ2n) is 2.94. The summed E-state index contributed by atoms with van der Waals surface area (Å²) in [5.41, 5.74) is 4.62. The standard InChI is InChI=1S/C9H8F3N2O2/c1-5(9(10,11)12)16-7-4-2-3-6(14-7)8(13)15/h2,4-5H,1H3,(H2,13,15). The summed E-state index contributed by atoms with van der Waals surface area (Å²) in [7, 11) is 0. The van der Waals surface area contributed by atoms with Gasteiger partial charge in [0.25, 0.3) is 5.91 Å². The minimum Gasteiger partial charge on any atom is -0.465 e. The molecule has 0 bridgehead atoms. The molecule has 1 aromatic rings. The fourth-order valence-corrected chi connectivity index (χ4v) is 0.811. The molecule has 16 heavy (non-hydrogen) atoms. The monoisotopic (exact) mass is 233 g/mol. The van der Waals surface area contributed by atoms with E-state index in [4.69, 9.17) is 5.73 Å². The zero-order chi connectivity index (χ0) is 12.3. The van der Waals surface area contributed by atoms with E-state index >= 15 is 0 Å². The predicted molar refractivity (Wildman–Crippen MR) is 47.7 cm³/mol. The predicted octanol–water partition coefficient (Wildman–Crippen LogP) is 1.31. The molecule has 0 aromatic carbocycles. The molecule has 87 valence electrons. The highest BCUT2D eigenvalue weighted by Gasteiger charge is 2.38. The SMILES string of the molecule is CC(Oc1cc[c]c(C(N)=O)n1)C(F)(F)F. The molecule has 0 aliphatic heterocycles. The number of pyridine rings is 1. The third kappa shape index (κ3) is 3.11. The lowest BCUT2D eigenvalue weighted by Crippen LogP contribution is -2.31. The molecule has 0 spiro atoms. The number of hydrogen-bond donors (Lipinski definition) is 1. The summed E-state index contributed by atoms with van der Waals surface area (Å²) in [6.07, 6.45) is -6.50. The van der Waals surface area contributed by atoms with Crippen LogP contribution in [0.15, 0.2) is 12.1 Å². The molecule has 1 atom stereocenters. The Balaban J connectivity index is 2.82. The fourth-order valence-electron chi connectivity index (χ4n) is 0.811. The Bertz CT molecular complexity index is 393. The Morgan fingerprint density at radius 3 is 2.75 bits per heavy atom. The molecule has 0 aliphatic rings. The minimum absolute atomic E-state index is 0.271. The highest BCUT2D eigenvalue weighted by atomic mass is 19.4. The minimum atomic E-state index is -4.49. The second kappa shape index (κ2) is 4.38. The lowest BCUT2D eigenvalue weighted by Gasteiger charge is -2.16. The van der Waals surface area contributed by atoms with Crippen molar-refractivity contribution in [3.8, 4) is 5.88 Å². The van der Waals surface area contributed by atoms with E-state index < -0.39 is 18.2 Å². The first kappa shape index (κ1) is 12.3. The van der Waals surface area contributed by atoms with Crippen LogP contribution in [-0.4, -0.2) is 23.2 Å². The van der Waals surface area contributed by atoms with Crippen molar-refractivity contribution in [1.82, 2.24) is 4.98 Å². The van der Waals surface area contributed by atoms with Crippen LogP contribution in [0.25, 0.3) is 0 Å². The van der Waals surface area contributed by atoms with Crippen LogP contribution >= 0.6 is 0 Å². The Morgan fingerprint density at radius 1 is 1.62 bits per heavy atom. The summed E-state index contributed by atoms with van der Waals surface area (Å²) in [5.74, 6) is -1.21. The molecule has 7 heteroatoms. The normalized spacial score (nSPS) is 13.2. The highest BCUT2D eigenvalue weighted by molar-refractivity contribution is 5.90. The van der Waals surface area contributed by atoms with Crippen LogP contribution in [-0.2, 0) is 0 Å². The van der Waals surface area contributed by atoms with Gasteiger partial charge in [0.2, 0.25) is 5.88 Å². The molecule has 1 heterocycles. The van der Waals surface area contributed by atoms with Gasteiger partial charge in [0.1, 0.15) is 5.69 Å². The first-order valence-electron chi connectivity index (χ1n) is 4.22. The van der Waals surface area contributed by atoms with Crippen molar-refractivity contribution in [2.45, 2.75) is 19.2 Å². The van der Waals surface area contributed by atoms with Crippen LogP contribution in [0, 0.1) is 6.07 Å². The molecule has 1 aromatic heterocycles. The van der Waals surface area contributed by atoms with Gasteiger partial charge in [0.15, 0.2) is 6.10 Å². The van der Waals surface area contributed by atoms with E-state index in [1.54, 1.807) is 0 Å². The van der Waals surface area contributed by atoms with Crippen molar-refractivity contribution in [2.75, 3.05) is 0 Å². The van der Waals surface area contributed by atoms with E-state index in [0.29, 0.717) is 0 Å². The molecule has 1 unspecified atom stereocenters. The molecule has 1 rings (SSSR count). The molecular formula is C9H8F3N2O2. The number of aromatic nitrogens is 1. The Hall–Kier alpha value is -1.79. The number of hydrogen-bond acceptors (Lipinski definition) is 3. The number of rotatable bonds is 3. The molecule has 1 amide bonds. The maximum Gasteiger partial charge on any atom is 0.425 e. The number of nitrogens with two attached hydrogens (primary N) is 1. The van der Waals surface area contributed by atoms with Crippen LogP contribution in [0.2, 0.25) is 0 Å². The summed E-state index contributed by atoms with van der Waals surface area (Å²) >= 11 is 0. The van der Waals surface area contributed by atoms with E-state index in [9.17, 15) is 18.0 Å².